The number of halogens is 2. The van der Waals surface area contributed by atoms with E-state index in [2.05, 4.69) is 39.7 Å². The first-order valence-electron chi connectivity index (χ1n) is 10.6. The van der Waals surface area contributed by atoms with Crippen LogP contribution in [-0.4, -0.2) is 19.6 Å². The van der Waals surface area contributed by atoms with Crippen molar-refractivity contribution in [3.8, 4) is 5.69 Å². The number of aromatic nitrogens is 2. The van der Waals surface area contributed by atoms with E-state index < -0.39 is 0 Å². The lowest BCUT2D eigenvalue weighted by molar-refractivity contribution is 0.286. The molecule has 0 radical (unpaired) electrons. The van der Waals surface area contributed by atoms with Crippen LogP contribution >= 0.6 is 35.4 Å². The molecule has 5 rings (SSSR count). The van der Waals surface area contributed by atoms with Gasteiger partial charge >= 0.3 is 0 Å². The van der Waals surface area contributed by atoms with Gasteiger partial charge in [-0.05, 0) is 80.2 Å². The van der Waals surface area contributed by atoms with E-state index in [0.717, 1.165) is 34.1 Å². The van der Waals surface area contributed by atoms with Crippen LogP contribution in [0.1, 0.15) is 40.5 Å². The summed E-state index contributed by atoms with van der Waals surface area (Å²) in [5, 5.41) is 5.37. The van der Waals surface area contributed by atoms with Crippen LogP contribution in [-0.2, 0) is 6.54 Å². The van der Waals surface area contributed by atoms with Crippen molar-refractivity contribution < 1.29 is 4.42 Å². The van der Waals surface area contributed by atoms with Crippen molar-refractivity contribution in [3.63, 3.8) is 0 Å². The second-order valence-corrected chi connectivity index (χ2v) is 9.32. The molecule has 3 aromatic heterocycles. The van der Waals surface area contributed by atoms with Crippen LogP contribution in [0, 0.1) is 13.8 Å². The van der Waals surface area contributed by atoms with Crippen LogP contribution in [0.3, 0.4) is 0 Å². The third-order valence-electron chi connectivity index (χ3n) is 6.04. The standard InChI is InChI=1S/C25H22Cl2N4OS/c1-15-12-19(16(2)31(15)22-9-8-17(26)13-20(22)27)24-23(21-7-3-4-10-28-21)29-25(33)30(24)14-18-6-5-11-32-18/h3-13,23-24H,14H2,1-2H3,(H,29,33)/t23-,24+/m0/s1. The Morgan fingerprint density at radius 3 is 2.64 bits per heavy atom. The summed E-state index contributed by atoms with van der Waals surface area (Å²) in [6.07, 6.45) is 3.49. The zero-order valence-corrected chi connectivity index (χ0v) is 20.5. The highest BCUT2D eigenvalue weighted by Gasteiger charge is 2.41. The summed E-state index contributed by atoms with van der Waals surface area (Å²) < 4.78 is 7.81. The molecule has 8 heteroatoms. The largest absolute Gasteiger partial charge is 0.467 e. The Hall–Kier alpha value is -2.80. The monoisotopic (exact) mass is 496 g/mol. The molecule has 168 valence electrons. The molecule has 2 atom stereocenters. The van der Waals surface area contributed by atoms with Crippen molar-refractivity contribution in [1.82, 2.24) is 19.8 Å². The summed E-state index contributed by atoms with van der Waals surface area (Å²) in [4.78, 5) is 6.80. The molecule has 0 saturated carbocycles. The first-order valence-corrected chi connectivity index (χ1v) is 11.7. The highest BCUT2D eigenvalue weighted by Crippen LogP contribution is 2.42. The van der Waals surface area contributed by atoms with Gasteiger partial charge in [0.05, 0.1) is 41.3 Å². The molecular weight excluding hydrogens is 475 g/mol. The van der Waals surface area contributed by atoms with Crippen LogP contribution in [0.25, 0.3) is 5.69 Å². The lowest BCUT2D eigenvalue weighted by Gasteiger charge is -2.27. The smallest absolute Gasteiger partial charge is 0.170 e. The summed E-state index contributed by atoms with van der Waals surface area (Å²) in [7, 11) is 0. The lowest BCUT2D eigenvalue weighted by Crippen LogP contribution is -2.29. The van der Waals surface area contributed by atoms with Gasteiger partial charge in [0.25, 0.3) is 0 Å². The molecule has 0 aliphatic carbocycles. The van der Waals surface area contributed by atoms with Crippen molar-refractivity contribution in [1.29, 1.82) is 0 Å². The fraction of sp³-hybridized carbons (Fsp3) is 0.200. The van der Waals surface area contributed by atoms with Crippen LogP contribution in [0.2, 0.25) is 10.0 Å². The maximum absolute atomic E-state index is 6.58. The van der Waals surface area contributed by atoms with Gasteiger partial charge in [0, 0.05) is 22.6 Å². The van der Waals surface area contributed by atoms with Gasteiger partial charge in [-0.15, -0.1) is 0 Å². The van der Waals surface area contributed by atoms with Crippen LogP contribution < -0.4 is 5.32 Å². The van der Waals surface area contributed by atoms with E-state index in [0.29, 0.717) is 21.7 Å². The normalized spacial score (nSPS) is 18.1. The first kappa shape index (κ1) is 22.0. The van der Waals surface area contributed by atoms with Crippen molar-refractivity contribution in [2.45, 2.75) is 32.5 Å². The summed E-state index contributed by atoms with van der Waals surface area (Å²) >= 11 is 18.5. The maximum Gasteiger partial charge on any atom is 0.170 e. The summed E-state index contributed by atoms with van der Waals surface area (Å²) in [6.45, 7) is 4.74. The minimum absolute atomic E-state index is 0.0801. The zero-order chi connectivity index (χ0) is 23.1. The summed E-state index contributed by atoms with van der Waals surface area (Å²) in [5.41, 5.74) is 5.12. The van der Waals surface area contributed by atoms with Gasteiger partial charge in [-0.25, -0.2) is 0 Å². The van der Waals surface area contributed by atoms with Gasteiger partial charge in [0.15, 0.2) is 5.11 Å². The molecule has 0 spiro atoms. The zero-order valence-electron chi connectivity index (χ0n) is 18.1. The predicted molar refractivity (Wildman–Crippen MR) is 135 cm³/mol. The molecule has 0 unspecified atom stereocenters. The average Bonchev–Trinajstić information content (AvgIpc) is 3.49. The van der Waals surface area contributed by atoms with E-state index in [1.807, 2.05) is 48.7 Å². The fourth-order valence-corrected chi connectivity index (χ4v) is 5.40. The number of hydrogen-bond donors (Lipinski definition) is 1. The molecule has 1 aromatic carbocycles. The van der Waals surface area contributed by atoms with Crippen molar-refractivity contribution in [2.24, 2.45) is 0 Å². The summed E-state index contributed by atoms with van der Waals surface area (Å²) in [6, 6.07) is 17.4. The Bertz CT molecular complexity index is 1300. The number of hydrogen-bond acceptors (Lipinski definition) is 3. The molecule has 0 bridgehead atoms. The maximum atomic E-state index is 6.58. The SMILES string of the molecule is Cc1cc([C@@H]2[C@H](c3ccccn3)NC(=S)N2Cc2ccco2)c(C)n1-c1ccc(Cl)cc1Cl. The Labute approximate surface area is 207 Å². The van der Waals surface area contributed by atoms with Gasteiger partial charge in [0.2, 0.25) is 0 Å². The minimum Gasteiger partial charge on any atom is -0.467 e. The number of furan rings is 1. The molecule has 1 aliphatic heterocycles. The Balaban J connectivity index is 1.64. The predicted octanol–water partition coefficient (Wildman–Crippen LogP) is 6.56. The van der Waals surface area contributed by atoms with E-state index in [4.69, 9.17) is 39.8 Å². The Kier molecular flexibility index (Phi) is 5.91. The number of thiocarbonyl (C=S) groups is 1. The average molecular weight is 497 g/mol. The molecule has 0 amide bonds. The van der Waals surface area contributed by atoms with E-state index in [-0.39, 0.29) is 12.1 Å². The molecule has 1 N–H and O–H groups in total. The molecule has 1 aliphatic rings. The lowest BCUT2D eigenvalue weighted by atomic mass is 9.96. The van der Waals surface area contributed by atoms with Gasteiger partial charge in [-0.1, -0.05) is 29.3 Å². The Morgan fingerprint density at radius 1 is 1.09 bits per heavy atom. The van der Waals surface area contributed by atoms with E-state index in [1.165, 1.54) is 0 Å². The van der Waals surface area contributed by atoms with Crippen LogP contribution in [0.15, 0.2) is 71.5 Å². The highest BCUT2D eigenvalue weighted by molar-refractivity contribution is 7.80. The minimum atomic E-state index is -0.108. The second-order valence-electron chi connectivity index (χ2n) is 8.09. The summed E-state index contributed by atoms with van der Waals surface area (Å²) in [5.74, 6) is 0.848. The van der Waals surface area contributed by atoms with Crippen molar-refractivity contribution in [2.75, 3.05) is 0 Å². The molecule has 4 heterocycles. The second kappa shape index (κ2) is 8.86. The molecule has 1 fully saturated rings. The number of nitrogens with one attached hydrogen (secondary N) is 1. The molecule has 5 nitrogen and oxygen atoms in total. The third-order valence-corrected chi connectivity index (χ3v) is 6.93. The van der Waals surface area contributed by atoms with Crippen molar-refractivity contribution in [3.05, 3.63) is 106 Å². The first-order chi connectivity index (χ1) is 15.9. The molecule has 1 saturated heterocycles. The van der Waals surface area contributed by atoms with E-state index in [9.17, 15) is 0 Å². The number of pyridine rings is 1. The highest BCUT2D eigenvalue weighted by atomic mass is 35.5. The molecule has 4 aromatic rings. The van der Waals surface area contributed by atoms with Gasteiger partial charge in [-0.2, -0.15) is 0 Å². The van der Waals surface area contributed by atoms with Gasteiger partial charge in [-0.3, -0.25) is 4.98 Å². The third kappa shape index (κ3) is 4.03. The number of rotatable bonds is 5. The molecule has 33 heavy (non-hydrogen) atoms. The van der Waals surface area contributed by atoms with Crippen molar-refractivity contribution >= 4 is 40.5 Å². The number of benzene rings is 1. The quantitative estimate of drug-likeness (QED) is 0.317. The number of nitrogens with zero attached hydrogens (tertiary/aromatic N) is 3. The van der Waals surface area contributed by atoms with Crippen LogP contribution in [0.4, 0.5) is 0 Å². The van der Waals surface area contributed by atoms with Gasteiger partial charge in [0.1, 0.15) is 5.76 Å². The number of aryl methyl sites for hydroxylation is 1. The topological polar surface area (TPSA) is 46.2 Å². The van der Waals surface area contributed by atoms with Crippen LogP contribution in [0.5, 0.6) is 0 Å². The van der Waals surface area contributed by atoms with Gasteiger partial charge < -0.3 is 19.2 Å². The fourth-order valence-electron chi connectivity index (χ4n) is 4.61. The molecular formula is C25H22Cl2N4OS. The Morgan fingerprint density at radius 2 is 1.94 bits per heavy atom. The van der Waals surface area contributed by atoms with E-state index >= 15 is 0 Å². The van der Waals surface area contributed by atoms with E-state index in [1.54, 1.807) is 12.3 Å².